The van der Waals surface area contributed by atoms with Gasteiger partial charge in [0.15, 0.2) is 0 Å². The van der Waals surface area contributed by atoms with Gasteiger partial charge in [-0.05, 0) is 84.4 Å². The highest BCUT2D eigenvalue weighted by Gasteiger charge is 2.48. The number of hydrogen-bond acceptors (Lipinski definition) is 0. The van der Waals surface area contributed by atoms with Crippen LogP contribution in [0.15, 0.2) is 120 Å². The fraction of sp³-hybridized carbons (Fsp3) is 0.263. The Bertz CT molecular complexity index is 1660. The summed E-state index contributed by atoms with van der Waals surface area (Å²) in [5.41, 5.74) is 10.8. The van der Waals surface area contributed by atoms with E-state index in [4.69, 9.17) is 0 Å². The molecule has 0 aliphatic heterocycles. The molecule has 0 fully saturated rings. The maximum Gasteiger partial charge on any atom is 0.0442 e. The van der Waals surface area contributed by atoms with Crippen molar-refractivity contribution < 1.29 is 0 Å². The molecule has 0 heteroatoms. The summed E-state index contributed by atoms with van der Waals surface area (Å²) in [6.07, 6.45) is 15.3. The van der Waals surface area contributed by atoms with Crippen LogP contribution in [-0.2, 0) is 10.8 Å². The van der Waals surface area contributed by atoms with Gasteiger partial charge in [-0.1, -0.05) is 139 Å². The van der Waals surface area contributed by atoms with Crippen LogP contribution in [-0.4, -0.2) is 0 Å². The summed E-state index contributed by atoms with van der Waals surface area (Å²) >= 11 is 0. The topological polar surface area (TPSA) is 0 Å². The average molecular weight is 495 g/mol. The van der Waals surface area contributed by atoms with E-state index in [0.29, 0.717) is 0 Å². The second-order valence-corrected chi connectivity index (χ2v) is 13.0. The molecule has 3 aromatic rings. The van der Waals surface area contributed by atoms with Crippen LogP contribution in [0.4, 0.5) is 0 Å². The molecule has 0 heterocycles. The van der Waals surface area contributed by atoms with E-state index in [-0.39, 0.29) is 16.2 Å². The average Bonchev–Trinajstić information content (AvgIpc) is 3.55. The molecule has 0 saturated carbocycles. The minimum Gasteiger partial charge on any atom is -0.0801 e. The largest absolute Gasteiger partial charge is 0.0801 e. The summed E-state index contributed by atoms with van der Waals surface area (Å²) in [5.74, 6) is 0. The van der Waals surface area contributed by atoms with Gasteiger partial charge < -0.3 is 0 Å². The van der Waals surface area contributed by atoms with E-state index < -0.39 is 0 Å². The normalized spacial score (nSPS) is 20.4. The predicted octanol–water partition coefficient (Wildman–Crippen LogP) is 8.33. The number of rotatable bonds is 3. The molecule has 1 atom stereocenters. The summed E-state index contributed by atoms with van der Waals surface area (Å²) < 4.78 is 0. The van der Waals surface area contributed by atoms with Crippen molar-refractivity contribution in [2.75, 3.05) is 0 Å². The van der Waals surface area contributed by atoms with Crippen LogP contribution < -0.4 is 10.4 Å². The fourth-order valence-electron chi connectivity index (χ4n) is 6.67. The van der Waals surface area contributed by atoms with Crippen LogP contribution in [0, 0.1) is 5.41 Å². The monoisotopic (exact) mass is 494 g/mol. The van der Waals surface area contributed by atoms with Gasteiger partial charge in [-0.3, -0.25) is 0 Å². The smallest absolute Gasteiger partial charge is 0.0442 e. The van der Waals surface area contributed by atoms with E-state index in [1.54, 1.807) is 0 Å². The summed E-state index contributed by atoms with van der Waals surface area (Å²) in [5, 5.41) is 2.71. The van der Waals surface area contributed by atoms with Crippen molar-refractivity contribution in [1.82, 2.24) is 0 Å². The Morgan fingerprint density at radius 3 is 2.05 bits per heavy atom. The van der Waals surface area contributed by atoms with E-state index in [2.05, 4.69) is 151 Å². The van der Waals surface area contributed by atoms with Gasteiger partial charge in [-0.25, -0.2) is 0 Å². The third-order valence-electron chi connectivity index (χ3n) is 8.65. The first-order valence-corrected chi connectivity index (χ1v) is 13.9. The van der Waals surface area contributed by atoms with E-state index in [1.807, 2.05) is 0 Å². The second kappa shape index (κ2) is 8.70. The third-order valence-corrected chi connectivity index (χ3v) is 8.65. The number of allylic oxidation sites excluding steroid dienone is 8. The van der Waals surface area contributed by atoms with Crippen LogP contribution in [0.25, 0.3) is 22.8 Å². The van der Waals surface area contributed by atoms with Gasteiger partial charge in [0.25, 0.3) is 0 Å². The van der Waals surface area contributed by atoms with E-state index in [9.17, 15) is 0 Å². The van der Waals surface area contributed by atoms with Crippen molar-refractivity contribution in [3.63, 3.8) is 0 Å². The van der Waals surface area contributed by atoms with E-state index >= 15 is 0 Å². The molecule has 1 unspecified atom stereocenters. The molecule has 3 aromatic carbocycles. The Balaban J connectivity index is 1.76. The first-order chi connectivity index (χ1) is 18.1. The van der Waals surface area contributed by atoms with Crippen LogP contribution in [0.2, 0.25) is 0 Å². The predicted molar refractivity (Wildman–Crippen MR) is 163 cm³/mol. The zero-order valence-corrected chi connectivity index (χ0v) is 23.6. The molecule has 0 amide bonds. The lowest BCUT2D eigenvalue weighted by Gasteiger charge is -2.48. The number of benzene rings is 3. The Morgan fingerprint density at radius 2 is 1.45 bits per heavy atom. The molecule has 3 aliphatic carbocycles. The first kappa shape index (κ1) is 24.7. The molecule has 190 valence electrons. The van der Waals surface area contributed by atoms with Gasteiger partial charge >= 0.3 is 0 Å². The fourth-order valence-corrected chi connectivity index (χ4v) is 6.67. The highest BCUT2D eigenvalue weighted by Crippen LogP contribution is 2.56. The standard InChI is InChI=1S/C38H38/c1-36(2,3)30-23-28-24-33-31(34(28)32(25-30)26-15-9-7-10-16-26)21-22-38(37(4,5)6,29-19-11-8-12-20-29)35(33)27-17-13-14-18-27/h7-17,19-25H,18H2,1-6H3. The van der Waals surface area contributed by atoms with Crippen molar-refractivity contribution in [3.8, 4) is 11.1 Å². The van der Waals surface area contributed by atoms with Gasteiger partial charge in [0.1, 0.15) is 0 Å². The summed E-state index contributed by atoms with van der Waals surface area (Å²) in [6.45, 7) is 14.1. The zero-order valence-electron chi connectivity index (χ0n) is 23.6. The molecule has 38 heavy (non-hydrogen) atoms. The van der Waals surface area contributed by atoms with Gasteiger partial charge in [-0.15, -0.1) is 0 Å². The molecule has 0 saturated heterocycles. The lowest BCUT2D eigenvalue weighted by atomic mass is 9.54. The molecule has 3 aliphatic rings. The molecule has 0 aromatic heterocycles. The highest BCUT2D eigenvalue weighted by atomic mass is 14.5. The lowest BCUT2D eigenvalue weighted by molar-refractivity contribution is 0.277. The molecular formula is C38H38. The summed E-state index contributed by atoms with van der Waals surface area (Å²) in [6, 6.07) is 27.0. The molecule has 6 rings (SSSR count). The Morgan fingerprint density at radius 1 is 0.763 bits per heavy atom. The van der Waals surface area contributed by atoms with Crippen LogP contribution in [0.5, 0.6) is 0 Å². The quantitative estimate of drug-likeness (QED) is 0.343. The van der Waals surface area contributed by atoms with E-state index in [1.165, 1.54) is 55.0 Å². The summed E-state index contributed by atoms with van der Waals surface area (Å²) in [4.78, 5) is 0. The van der Waals surface area contributed by atoms with Crippen LogP contribution in [0.1, 0.15) is 59.1 Å². The van der Waals surface area contributed by atoms with Crippen molar-refractivity contribution >= 4 is 11.6 Å². The zero-order chi connectivity index (χ0) is 26.7. The van der Waals surface area contributed by atoms with E-state index in [0.717, 1.165) is 6.42 Å². The molecule has 0 spiro atoms. The molecule has 0 N–H and O–H groups in total. The van der Waals surface area contributed by atoms with Crippen molar-refractivity contribution in [3.05, 3.63) is 141 Å². The molecule has 0 nitrogen and oxygen atoms in total. The van der Waals surface area contributed by atoms with Crippen molar-refractivity contribution in [2.45, 2.75) is 58.8 Å². The third kappa shape index (κ3) is 3.73. The molecule has 0 radical (unpaired) electrons. The maximum absolute atomic E-state index is 2.52. The van der Waals surface area contributed by atoms with Gasteiger partial charge in [0, 0.05) is 5.41 Å². The lowest BCUT2D eigenvalue weighted by Crippen LogP contribution is -2.42. The van der Waals surface area contributed by atoms with Crippen molar-refractivity contribution in [2.24, 2.45) is 5.41 Å². The van der Waals surface area contributed by atoms with Gasteiger partial charge in [0.2, 0.25) is 0 Å². The minimum absolute atomic E-state index is 0.0242. The van der Waals surface area contributed by atoms with Crippen LogP contribution >= 0.6 is 0 Å². The van der Waals surface area contributed by atoms with Crippen LogP contribution in [0.3, 0.4) is 0 Å². The minimum atomic E-state index is -0.233. The van der Waals surface area contributed by atoms with Crippen molar-refractivity contribution in [1.29, 1.82) is 0 Å². The number of fused-ring (bicyclic) bond motifs is 2. The Kier molecular flexibility index (Phi) is 5.65. The Labute approximate surface area is 228 Å². The summed E-state index contributed by atoms with van der Waals surface area (Å²) in [7, 11) is 0. The number of hydrogen-bond donors (Lipinski definition) is 0. The maximum atomic E-state index is 2.52. The molecule has 0 bridgehead atoms. The van der Waals surface area contributed by atoms with Gasteiger partial charge in [0.05, 0.1) is 0 Å². The van der Waals surface area contributed by atoms with Gasteiger partial charge in [-0.2, -0.15) is 0 Å². The molecular weight excluding hydrogens is 456 g/mol. The Hall–Kier alpha value is -3.64. The highest BCUT2D eigenvalue weighted by molar-refractivity contribution is 5.95. The second-order valence-electron chi connectivity index (χ2n) is 13.0. The first-order valence-electron chi connectivity index (χ1n) is 13.9. The SMILES string of the molecule is CC(C)(C)c1cc(-c2ccccc2)c2c(c1)=CC1=C(C3=CC=CC3)C(c3ccccc3)(C(C)(C)C)C=CC=21.